The molecule has 0 N–H and O–H groups in total. The first-order chi connectivity index (χ1) is 13.4. The van der Waals surface area contributed by atoms with E-state index in [0.717, 1.165) is 43.7 Å². The van der Waals surface area contributed by atoms with Crippen LogP contribution in [-0.4, -0.2) is 39.8 Å². The van der Waals surface area contributed by atoms with E-state index >= 15 is 0 Å². The number of amides is 1. The Morgan fingerprint density at radius 1 is 1.25 bits per heavy atom. The van der Waals surface area contributed by atoms with Gasteiger partial charge in [-0.05, 0) is 44.2 Å². The van der Waals surface area contributed by atoms with E-state index in [0.29, 0.717) is 21.3 Å². The number of rotatable bonds is 4. The summed E-state index contributed by atoms with van der Waals surface area (Å²) in [5, 5.41) is 9.62. The van der Waals surface area contributed by atoms with Crippen LogP contribution in [0.5, 0.6) is 0 Å². The molecular formula is C20H24N4O2S2. The highest BCUT2D eigenvalue weighted by molar-refractivity contribution is 8.26. The average Bonchev–Trinajstić information content (AvgIpc) is 2.93. The van der Waals surface area contributed by atoms with Crippen LogP contribution in [-0.2, 0) is 11.3 Å². The number of likely N-dealkylation sites (N-methyl/N-ethyl adjacent to an activating group) is 1. The van der Waals surface area contributed by atoms with Crippen LogP contribution >= 0.6 is 24.0 Å². The predicted octanol–water partition coefficient (Wildman–Crippen LogP) is 3.26. The zero-order valence-corrected chi connectivity index (χ0v) is 18.1. The highest BCUT2D eigenvalue weighted by Crippen LogP contribution is 2.35. The first-order valence-electron chi connectivity index (χ1n) is 9.54. The van der Waals surface area contributed by atoms with Gasteiger partial charge in [-0.15, -0.1) is 0 Å². The summed E-state index contributed by atoms with van der Waals surface area (Å²) in [5.41, 5.74) is 1.30. The van der Waals surface area contributed by atoms with Crippen molar-refractivity contribution in [2.24, 2.45) is 0 Å². The fourth-order valence-corrected chi connectivity index (χ4v) is 4.86. The van der Waals surface area contributed by atoms with Gasteiger partial charge in [0.05, 0.1) is 4.91 Å². The van der Waals surface area contributed by atoms with Crippen LogP contribution in [0, 0.1) is 18.3 Å². The van der Waals surface area contributed by atoms with Gasteiger partial charge in [-0.3, -0.25) is 19.1 Å². The summed E-state index contributed by atoms with van der Waals surface area (Å²) < 4.78 is 2.23. The molecule has 3 rings (SSSR count). The molecule has 2 fully saturated rings. The normalized spacial score (nSPS) is 18.9. The highest BCUT2D eigenvalue weighted by Gasteiger charge is 2.31. The lowest BCUT2D eigenvalue weighted by Crippen LogP contribution is -2.37. The zero-order chi connectivity index (χ0) is 20.4. The number of carbonyl (C=O) groups excluding carboxylic acids is 1. The average molecular weight is 417 g/mol. The van der Waals surface area contributed by atoms with Crippen molar-refractivity contribution in [3.8, 4) is 6.07 Å². The maximum atomic E-state index is 13.0. The van der Waals surface area contributed by atoms with E-state index in [1.165, 1.54) is 23.1 Å². The number of aromatic nitrogens is 1. The van der Waals surface area contributed by atoms with Crippen molar-refractivity contribution < 1.29 is 4.79 Å². The number of thioether (sulfide) groups is 1. The second-order valence-corrected chi connectivity index (χ2v) is 8.77. The molecule has 0 saturated carbocycles. The van der Waals surface area contributed by atoms with Gasteiger partial charge in [-0.25, -0.2) is 0 Å². The number of thiocarbonyl (C=S) groups is 1. The fraction of sp³-hybridized carbons (Fsp3) is 0.500. The van der Waals surface area contributed by atoms with Gasteiger partial charge in [0.2, 0.25) is 0 Å². The van der Waals surface area contributed by atoms with E-state index < -0.39 is 0 Å². The van der Waals surface area contributed by atoms with Gasteiger partial charge in [0, 0.05) is 32.2 Å². The first kappa shape index (κ1) is 20.6. The van der Waals surface area contributed by atoms with E-state index in [2.05, 4.69) is 11.0 Å². The van der Waals surface area contributed by atoms with Crippen molar-refractivity contribution >= 4 is 46.1 Å². The Morgan fingerprint density at radius 3 is 2.46 bits per heavy atom. The van der Waals surface area contributed by atoms with Crippen LogP contribution in [0.4, 0.5) is 5.82 Å². The molecule has 0 aliphatic carbocycles. The number of piperidine rings is 1. The number of anilines is 1. The number of hydrogen-bond donors (Lipinski definition) is 0. The molecule has 6 nitrogen and oxygen atoms in total. The van der Waals surface area contributed by atoms with Crippen molar-refractivity contribution in [2.45, 2.75) is 46.1 Å². The van der Waals surface area contributed by atoms with Crippen LogP contribution in [0.2, 0.25) is 0 Å². The van der Waals surface area contributed by atoms with Crippen LogP contribution in [0.25, 0.3) is 6.08 Å². The molecule has 0 radical (unpaired) electrons. The number of nitrogens with zero attached hydrogens (tertiary/aromatic N) is 4. The molecule has 0 spiro atoms. The zero-order valence-electron chi connectivity index (χ0n) is 16.4. The van der Waals surface area contributed by atoms with Gasteiger partial charge in [0.15, 0.2) is 0 Å². The molecule has 0 aromatic carbocycles. The van der Waals surface area contributed by atoms with E-state index in [-0.39, 0.29) is 17.0 Å². The molecule has 8 heteroatoms. The predicted molar refractivity (Wildman–Crippen MR) is 117 cm³/mol. The first-order valence-corrected chi connectivity index (χ1v) is 10.8. The Balaban J connectivity index is 2.28. The van der Waals surface area contributed by atoms with Crippen LogP contribution in [0.15, 0.2) is 9.70 Å². The molecule has 0 atom stereocenters. The van der Waals surface area contributed by atoms with E-state index in [4.69, 9.17) is 12.2 Å². The Hall–Kier alpha value is -2.11. The number of hydrogen-bond acceptors (Lipinski definition) is 6. The van der Waals surface area contributed by atoms with E-state index in [9.17, 15) is 14.9 Å². The number of carbonyl (C=O) groups is 1. The minimum Gasteiger partial charge on any atom is -0.357 e. The molecule has 148 valence electrons. The molecule has 0 unspecified atom stereocenters. The second-order valence-electron chi connectivity index (χ2n) is 7.09. The quantitative estimate of drug-likeness (QED) is 0.554. The smallest absolute Gasteiger partial charge is 0.270 e. The summed E-state index contributed by atoms with van der Waals surface area (Å²) in [6.45, 7) is 6.08. The topological polar surface area (TPSA) is 69.3 Å². The van der Waals surface area contributed by atoms with Crippen molar-refractivity contribution in [2.75, 3.05) is 25.0 Å². The Morgan fingerprint density at radius 2 is 1.93 bits per heavy atom. The lowest BCUT2D eigenvalue weighted by atomic mass is 10.0. The van der Waals surface area contributed by atoms with Gasteiger partial charge >= 0.3 is 0 Å². The van der Waals surface area contributed by atoms with Crippen molar-refractivity contribution in [3.05, 3.63) is 31.9 Å². The third-order valence-corrected chi connectivity index (χ3v) is 6.70. The van der Waals surface area contributed by atoms with Crippen molar-refractivity contribution in [3.63, 3.8) is 0 Å². The third-order valence-electron chi connectivity index (χ3n) is 5.21. The molecule has 2 saturated heterocycles. The van der Waals surface area contributed by atoms with Crippen LogP contribution in [0.1, 0.15) is 49.3 Å². The van der Waals surface area contributed by atoms with Gasteiger partial charge < -0.3 is 4.90 Å². The van der Waals surface area contributed by atoms with Crippen LogP contribution < -0.4 is 10.5 Å². The SMILES string of the molecule is CCCn1c(N2CCCCC2)c(/C=C2/SC(=S)N(C)C2=O)c(C)c(C#N)c1=O. The largest absolute Gasteiger partial charge is 0.357 e. The highest BCUT2D eigenvalue weighted by atomic mass is 32.2. The van der Waals surface area contributed by atoms with E-state index in [1.807, 2.05) is 13.0 Å². The van der Waals surface area contributed by atoms with Crippen molar-refractivity contribution in [1.82, 2.24) is 9.47 Å². The molecule has 2 aliphatic rings. The molecule has 3 heterocycles. The summed E-state index contributed by atoms with van der Waals surface area (Å²) in [5.74, 6) is 0.676. The number of pyridine rings is 1. The van der Waals surface area contributed by atoms with Gasteiger partial charge in [-0.2, -0.15) is 5.26 Å². The molecular weight excluding hydrogens is 392 g/mol. The second kappa shape index (κ2) is 8.50. The molecule has 1 aromatic heterocycles. The monoisotopic (exact) mass is 416 g/mol. The summed E-state index contributed by atoms with van der Waals surface area (Å²) in [6.07, 6.45) is 5.90. The lowest BCUT2D eigenvalue weighted by Gasteiger charge is -2.33. The molecule has 0 bridgehead atoms. The Kier molecular flexibility index (Phi) is 6.26. The molecule has 28 heavy (non-hydrogen) atoms. The minimum atomic E-state index is -0.248. The van der Waals surface area contributed by atoms with E-state index in [1.54, 1.807) is 18.5 Å². The van der Waals surface area contributed by atoms with Gasteiger partial charge in [0.1, 0.15) is 21.8 Å². The number of nitriles is 1. The maximum absolute atomic E-state index is 13.0. The molecule has 1 aromatic rings. The Bertz CT molecular complexity index is 952. The minimum absolute atomic E-state index is 0.146. The van der Waals surface area contributed by atoms with Crippen molar-refractivity contribution in [1.29, 1.82) is 5.26 Å². The maximum Gasteiger partial charge on any atom is 0.270 e. The van der Waals surface area contributed by atoms with Gasteiger partial charge in [0.25, 0.3) is 11.5 Å². The summed E-state index contributed by atoms with van der Waals surface area (Å²) in [4.78, 5) is 29.8. The third kappa shape index (κ3) is 3.61. The summed E-state index contributed by atoms with van der Waals surface area (Å²) in [7, 11) is 1.66. The Labute approximate surface area is 174 Å². The summed E-state index contributed by atoms with van der Waals surface area (Å²) >= 11 is 6.51. The fourth-order valence-electron chi connectivity index (χ4n) is 3.70. The standard InChI is InChI=1S/C20H24N4O2S2/c1-4-8-24-17(23-9-6-5-7-10-23)14(13(2)15(12-21)18(24)25)11-16-19(26)22(3)20(27)28-16/h11H,4-10H2,1-3H3/b16-11+. The lowest BCUT2D eigenvalue weighted by molar-refractivity contribution is -0.121. The van der Waals surface area contributed by atoms with Crippen LogP contribution in [0.3, 0.4) is 0 Å². The van der Waals surface area contributed by atoms with Gasteiger partial charge in [-0.1, -0.05) is 30.9 Å². The summed E-state index contributed by atoms with van der Waals surface area (Å²) in [6, 6.07) is 2.08. The molecule has 2 aliphatic heterocycles. The molecule has 1 amide bonds.